The van der Waals surface area contributed by atoms with Crippen LogP contribution < -0.4 is 0 Å². The topological polar surface area (TPSA) is 30.7 Å². The Bertz CT molecular complexity index is 581. The summed E-state index contributed by atoms with van der Waals surface area (Å²) in [7, 11) is 0. The van der Waals surface area contributed by atoms with E-state index in [4.69, 9.17) is 11.6 Å². The Morgan fingerprint density at radius 2 is 2.22 bits per heavy atom. The highest BCUT2D eigenvalue weighted by Gasteiger charge is 2.33. The van der Waals surface area contributed by atoms with Crippen LogP contribution in [0, 0.1) is 6.92 Å². The van der Waals surface area contributed by atoms with Crippen LogP contribution in [0.3, 0.4) is 0 Å². The van der Waals surface area contributed by atoms with Gasteiger partial charge in [0.1, 0.15) is 11.9 Å². The Morgan fingerprint density at radius 3 is 2.89 bits per heavy atom. The number of nitrogens with zero attached hydrogens (tertiary/aromatic N) is 3. The van der Waals surface area contributed by atoms with Gasteiger partial charge in [-0.3, -0.25) is 0 Å². The molecule has 18 heavy (non-hydrogen) atoms. The van der Waals surface area contributed by atoms with E-state index in [2.05, 4.69) is 10.3 Å². The van der Waals surface area contributed by atoms with Crippen LogP contribution in [0.25, 0.3) is 11.3 Å². The smallest absolute Gasteiger partial charge is 0.123 e. The van der Waals surface area contributed by atoms with E-state index in [1.165, 1.54) is 0 Å². The van der Waals surface area contributed by atoms with Crippen molar-refractivity contribution in [3.63, 3.8) is 0 Å². The molecule has 0 amide bonds. The lowest BCUT2D eigenvalue weighted by Crippen LogP contribution is -2.30. The molecule has 3 rings (SSSR count). The van der Waals surface area contributed by atoms with E-state index in [9.17, 15) is 4.39 Å². The number of aromatic nitrogens is 3. The Balaban J connectivity index is 1.95. The van der Waals surface area contributed by atoms with Crippen LogP contribution in [0.4, 0.5) is 4.39 Å². The van der Waals surface area contributed by atoms with Crippen molar-refractivity contribution in [2.24, 2.45) is 0 Å². The largest absolute Gasteiger partial charge is 0.246 e. The second kappa shape index (κ2) is 4.35. The van der Waals surface area contributed by atoms with Gasteiger partial charge in [0.25, 0.3) is 0 Å². The summed E-state index contributed by atoms with van der Waals surface area (Å²) < 4.78 is 14.9. The number of hydrogen-bond acceptors (Lipinski definition) is 2. The molecule has 0 radical (unpaired) electrons. The Labute approximate surface area is 110 Å². The van der Waals surface area contributed by atoms with E-state index in [0.29, 0.717) is 11.4 Å². The fourth-order valence-electron chi connectivity index (χ4n) is 2.19. The van der Waals surface area contributed by atoms with Gasteiger partial charge in [0, 0.05) is 10.6 Å². The van der Waals surface area contributed by atoms with Crippen LogP contribution in [-0.4, -0.2) is 21.2 Å². The van der Waals surface area contributed by atoms with Crippen molar-refractivity contribution in [1.82, 2.24) is 15.0 Å². The molecule has 5 heteroatoms. The standard InChI is InChI=1S/C13H13ClFN3/c1-8-9(3-2-4-10(8)14)12-7-18(17-16-12)13-6-5-11(13)15/h2-4,7,11,13H,5-6H2,1H3/t11-,13+/m0/s1. The monoisotopic (exact) mass is 265 g/mol. The van der Waals surface area contributed by atoms with Crippen LogP contribution in [0.5, 0.6) is 0 Å². The minimum atomic E-state index is -0.792. The average molecular weight is 266 g/mol. The van der Waals surface area contributed by atoms with Crippen molar-refractivity contribution < 1.29 is 4.39 Å². The number of benzene rings is 1. The van der Waals surface area contributed by atoms with Crippen LogP contribution in [0.2, 0.25) is 5.02 Å². The zero-order valence-corrected chi connectivity index (χ0v) is 10.7. The van der Waals surface area contributed by atoms with E-state index >= 15 is 0 Å². The van der Waals surface area contributed by atoms with Gasteiger partial charge in [-0.25, -0.2) is 9.07 Å². The molecule has 1 saturated carbocycles. The normalized spacial score (nSPS) is 22.8. The molecule has 1 heterocycles. The third-order valence-electron chi connectivity index (χ3n) is 3.55. The van der Waals surface area contributed by atoms with Gasteiger partial charge in [-0.1, -0.05) is 28.9 Å². The minimum absolute atomic E-state index is 0.147. The summed E-state index contributed by atoms with van der Waals surface area (Å²) in [5.74, 6) is 0. The average Bonchev–Trinajstić information content (AvgIpc) is 2.79. The lowest BCUT2D eigenvalue weighted by molar-refractivity contribution is 0.108. The lowest BCUT2D eigenvalue weighted by atomic mass is 9.91. The van der Waals surface area contributed by atoms with Crippen molar-refractivity contribution in [3.8, 4) is 11.3 Å². The van der Waals surface area contributed by atoms with Crippen LogP contribution in [-0.2, 0) is 0 Å². The van der Waals surface area contributed by atoms with E-state index in [1.54, 1.807) is 10.9 Å². The first kappa shape index (κ1) is 11.7. The number of alkyl halides is 1. The van der Waals surface area contributed by atoms with Crippen LogP contribution >= 0.6 is 11.6 Å². The maximum absolute atomic E-state index is 13.3. The summed E-state index contributed by atoms with van der Waals surface area (Å²) in [6.45, 7) is 1.94. The SMILES string of the molecule is Cc1c(Cl)cccc1-c1cn([C@@H]2CC[C@@H]2F)nn1. The highest BCUT2D eigenvalue weighted by molar-refractivity contribution is 6.31. The molecule has 1 aromatic carbocycles. The summed E-state index contributed by atoms with van der Waals surface area (Å²) in [6, 6.07) is 5.52. The van der Waals surface area contributed by atoms with Gasteiger partial charge in [-0.15, -0.1) is 5.10 Å². The van der Waals surface area contributed by atoms with Crippen molar-refractivity contribution in [2.45, 2.75) is 32.0 Å². The second-order valence-electron chi connectivity index (χ2n) is 4.66. The van der Waals surface area contributed by atoms with E-state index in [-0.39, 0.29) is 6.04 Å². The highest BCUT2D eigenvalue weighted by atomic mass is 35.5. The third kappa shape index (κ3) is 1.81. The molecule has 1 aliphatic rings. The molecule has 0 spiro atoms. The summed E-state index contributed by atoms with van der Waals surface area (Å²) in [5, 5.41) is 8.84. The predicted octanol–water partition coefficient (Wildman–Crippen LogP) is 3.58. The molecule has 1 fully saturated rings. The molecule has 0 unspecified atom stereocenters. The first-order valence-corrected chi connectivity index (χ1v) is 6.36. The molecule has 0 N–H and O–H groups in total. The van der Waals surface area contributed by atoms with Crippen molar-refractivity contribution in [1.29, 1.82) is 0 Å². The Morgan fingerprint density at radius 1 is 1.39 bits per heavy atom. The predicted molar refractivity (Wildman–Crippen MR) is 68.4 cm³/mol. The molecule has 2 atom stereocenters. The third-order valence-corrected chi connectivity index (χ3v) is 3.96. The number of halogens is 2. The molecule has 94 valence electrons. The summed E-state index contributed by atoms with van der Waals surface area (Å²) >= 11 is 6.08. The van der Waals surface area contributed by atoms with Crippen LogP contribution in [0.1, 0.15) is 24.4 Å². The van der Waals surface area contributed by atoms with E-state index in [0.717, 1.165) is 23.2 Å². The maximum atomic E-state index is 13.3. The lowest BCUT2D eigenvalue weighted by Gasteiger charge is -2.29. The zero-order chi connectivity index (χ0) is 12.7. The van der Waals surface area contributed by atoms with Crippen LogP contribution in [0.15, 0.2) is 24.4 Å². The molecule has 1 aliphatic carbocycles. The summed E-state index contributed by atoms with van der Waals surface area (Å²) in [6.07, 6.45) is 2.46. The van der Waals surface area contributed by atoms with Gasteiger partial charge in [-0.05, 0) is 31.4 Å². The molecule has 0 bridgehead atoms. The Kier molecular flexibility index (Phi) is 2.82. The first-order valence-electron chi connectivity index (χ1n) is 5.98. The van der Waals surface area contributed by atoms with Gasteiger partial charge in [-0.2, -0.15) is 0 Å². The number of hydrogen-bond donors (Lipinski definition) is 0. The van der Waals surface area contributed by atoms with Gasteiger partial charge in [0.05, 0.1) is 12.2 Å². The molecule has 0 saturated heterocycles. The number of rotatable bonds is 2. The fourth-order valence-corrected chi connectivity index (χ4v) is 2.36. The van der Waals surface area contributed by atoms with Gasteiger partial charge >= 0.3 is 0 Å². The van der Waals surface area contributed by atoms with E-state index in [1.807, 2.05) is 25.1 Å². The maximum Gasteiger partial charge on any atom is 0.123 e. The minimum Gasteiger partial charge on any atom is -0.246 e. The summed E-state index contributed by atoms with van der Waals surface area (Å²) in [5.41, 5.74) is 2.66. The quantitative estimate of drug-likeness (QED) is 0.831. The van der Waals surface area contributed by atoms with Gasteiger partial charge in [0.15, 0.2) is 0 Å². The molecule has 2 aromatic rings. The Hall–Kier alpha value is -1.42. The first-order chi connectivity index (χ1) is 8.66. The molecular weight excluding hydrogens is 253 g/mol. The van der Waals surface area contributed by atoms with Gasteiger partial charge in [0.2, 0.25) is 0 Å². The second-order valence-corrected chi connectivity index (χ2v) is 5.06. The van der Waals surface area contributed by atoms with Crippen molar-refractivity contribution in [2.75, 3.05) is 0 Å². The zero-order valence-electron chi connectivity index (χ0n) is 9.98. The molecule has 1 aromatic heterocycles. The van der Waals surface area contributed by atoms with E-state index < -0.39 is 6.17 Å². The van der Waals surface area contributed by atoms with Crippen molar-refractivity contribution in [3.05, 3.63) is 35.0 Å². The summed E-state index contributed by atoms with van der Waals surface area (Å²) in [4.78, 5) is 0. The highest BCUT2D eigenvalue weighted by Crippen LogP contribution is 2.35. The fraction of sp³-hybridized carbons (Fsp3) is 0.385. The molecular formula is C13H13ClFN3. The molecule has 3 nitrogen and oxygen atoms in total. The van der Waals surface area contributed by atoms with Gasteiger partial charge < -0.3 is 0 Å². The molecule has 0 aliphatic heterocycles. The van der Waals surface area contributed by atoms with Crippen molar-refractivity contribution >= 4 is 11.6 Å².